The zero-order valence-electron chi connectivity index (χ0n) is 14.9. The van der Waals surface area contributed by atoms with Crippen molar-refractivity contribution in [2.24, 2.45) is 17.8 Å². The van der Waals surface area contributed by atoms with E-state index in [1.807, 2.05) is 0 Å². The van der Waals surface area contributed by atoms with E-state index in [2.05, 4.69) is 20.1 Å². The number of carbonyl (C=O) groups is 1. The maximum atomic E-state index is 13.8. The van der Waals surface area contributed by atoms with E-state index in [0.29, 0.717) is 12.3 Å². The Hall–Kier alpha value is -1.65. The molecule has 136 valence electrons. The summed E-state index contributed by atoms with van der Waals surface area (Å²) in [6.45, 7) is 12.2. The van der Waals surface area contributed by atoms with Gasteiger partial charge < -0.3 is 9.47 Å². The van der Waals surface area contributed by atoms with Gasteiger partial charge in [-0.1, -0.05) is 46.3 Å². The highest BCUT2D eigenvalue weighted by atomic mass is 19.2. The smallest absolute Gasteiger partial charge is 0.314 e. The monoisotopic (exact) mass is 342 g/mol. The molecular weight excluding hydrogens is 314 g/mol. The standard InChI is InChI=1S/C19H28F2O3/c1-6-23-14(4)17(20)18(21)15(5)24-19(22)13(3)11-10-12(2)16-8-7-9-16/h12-13,16H,4-11H2,1-3H3/b18-17-. The molecule has 2 atom stereocenters. The Labute approximate surface area is 143 Å². The fourth-order valence-corrected chi connectivity index (χ4v) is 2.62. The Kier molecular flexibility index (Phi) is 8.16. The summed E-state index contributed by atoms with van der Waals surface area (Å²) in [7, 11) is 0. The van der Waals surface area contributed by atoms with Gasteiger partial charge in [0.2, 0.25) is 11.7 Å². The van der Waals surface area contributed by atoms with E-state index in [9.17, 15) is 13.6 Å². The zero-order chi connectivity index (χ0) is 18.3. The Morgan fingerprint density at radius 2 is 1.71 bits per heavy atom. The summed E-state index contributed by atoms with van der Waals surface area (Å²) >= 11 is 0. The minimum absolute atomic E-state index is 0.155. The van der Waals surface area contributed by atoms with Gasteiger partial charge in [-0.15, -0.1) is 0 Å². The van der Waals surface area contributed by atoms with Crippen molar-refractivity contribution < 1.29 is 23.0 Å². The number of ether oxygens (including phenoxy) is 2. The van der Waals surface area contributed by atoms with Crippen molar-refractivity contribution >= 4 is 5.97 Å². The van der Waals surface area contributed by atoms with Gasteiger partial charge in [0.05, 0.1) is 12.5 Å². The van der Waals surface area contributed by atoms with E-state index in [0.717, 1.165) is 12.3 Å². The van der Waals surface area contributed by atoms with Crippen molar-refractivity contribution in [3.8, 4) is 0 Å². The van der Waals surface area contributed by atoms with Crippen LogP contribution in [0.4, 0.5) is 8.78 Å². The second-order valence-corrected chi connectivity index (χ2v) is 6.48. The fourth-order valence-electron chi connectivity index (χ4n) is 2.62. The maximum Gasteiger partial charge on any atom is 0.314 e. The first-order chi connectivity index (χ1) is 11.3. The fraction of sp³-hybridized carbons (Fsp3) is 0.632. The van der Waals surface area contributed by atoms with Crippen LogP contribution in [0.3, 0.4) is 0 Å². The van der Waals surface area contributed by atoms with Crippen molar-refractivity contribution in [3.63, 3.8) is 0 Å². The minimum atomic E-state index is -1.36. The average Bonchev–Trinajstić information content (AvgIpc) is 2.49. The van der Waals surface area contributed by atoms with Gasteiger partial charge in [0.15, 0.2) is 11.5 Å². The minimum Gasteiger partial charge on any atom is -0.491 e. The Morgan fingerprint density at radius 1 is 1.12 bits per heavy atom. The van der Waals surface area contributed by atoms with E-state index in [-0.39, 0.29) is 6.61 Å². The summed E-state index contributed by atoms with van der Waals surface area (Å²) in [5, 5.41) is 0. The lowest BCUT2D eigenvalue weighted by Crippen LogP contribution is -2.21. The number of hydrogen-bond acceptors (Lipinski definition) is 3. The molecule has 3 nitrogen and oxygen atoms in total. The molecule has 5 heteroatoms. The van der Waals surface area contributed by atoms with Crippen molar-refractivity contribution in [3.05, 3.63) is 36.3 Å². The molecule has 0 aromatic rings. The van der Waals surface area contributed by atoms with Crippen LogP contribution in [0.2, 0.25) is 0 Å². The molecule has 1 aliphatic carbocycles. The molecule has 1 saturated carbocycles. The third-order valence-electron chi connectivity index (χ3n) is 4.64. The van der Waals surface area contributed by atoms with Crippen LogP contribution in [0.25, 0.3) is 0 Å². The maximum absolute atomic E-state index is 13.8. The highest BCUT2D eigenvalue weighted by Gasteiger charge is 2.26. The molecule has 0 aliphatic heterocycles. The number of allylic oxidation sites excluding steroid dienone is 2. The number of hydrogen-bond donors (Lipinski definition) is 0. The molecule has 0 aromatic carbocycles. The molecule has 0 bridgehead atoms. The van der Waals surface area contributed by atoms with Gasteiger partial charge in [-0.05, 0) is 31.6 Å². The van der Waals surface area contributed by atoms with Crippen LogP contribution < -0.4 is 0 Å². The van der Waals surface area contributed by atoms with Gasteiger partial charge >= 0.3 is 5.97 Å². The summed E-state index contributed by atoms with van der Waals surface area (Å²) in [5.41, 5.74) is 0. The normalized spacial score (nSPS) is 18.0. The second kappa shape index (κ2) is 9.60. The molecule has 0 radical (unpaired) electrons. The lowest BCUT2D eigenvalue weighted by molar-refractivity contribution is -0.143. The Morgan fingerprint density at radius 3 is 2.21 bits per heavy atom. The van der Waals surface area contributed by atoms with E-state index < -0.39 is 35.1 Å². The molecule has 1 rings (SSSR count). The molecule has 24 heavy (non-hydrogen) atoms. The van der Waals surface area contributed by atoms with Gasteiger partial charge in [-0.3, -0.25) is 4.79 Å². The molecule has 1 fully saturated rings. The highest BCUT2D eigenvalue weighted by molar-refractivity contribution is 5.73. The van der Waals surface area contributed by atoms with E-state index in [4.69, 9.17) is 9.47 Å². The van der Waals surface area contributed by atoms with Crippen LogP contribution in [0, 0.1) is 17.8 Å². The summed E-state index contributed by atoms with van der Waals surface area (Å²) < 4.78 is 37.2. The Balaban J connectivity index is 2.48. The van der Waals surface area contributed by atoms with Crippen molar-refractivity contribution in [1.82, 2.24) is 0 Å². The first kappa shape index (κ1) is 20.4. The third kappa shape index (κ3) is 5.77. The quantitative estimate of drug-likeness (QED) is 0.295. The zero-order valence-corrected chi connectivity index (χ0v) is 14.9. The number of carbonyl (C=O) groups excluding carboxylic acids is 1. The molecule has 0 heterocycles. The lowest BCUT2D eigenvalue weighted by Gasteiger charge is -2.31. The molecule has 0 aromatic heterocycles. The van der Waals surface area contributed by atoms with Crippen molar-refractivity contribution in [1.29, 1.82) is 0 Å². The first-order valence-electron chi connectivity index (χ1n) is 8.56. The van der Waals surface area contributed by atoms with Crippen LogP contribution in [-0.4, -0.2) is 12.6 Å². The molecule has 2 unspecified atom stereocenters. The van der Waals surface area contributed by atoms with E-state index in [1.54, 1.807) is 13.8 Å². The molecule has 1 aliphatic rings. The summed E-state index contributed by atoms with van der Waals surface area (Å²) in [6.07, 6.45) is 5.38. The van der Waals surface area contributed by atoms with Crippen LogP contribution >= 0.6 is 0 Å². The van der Waals surface area contributed by atoms with Crippen LogP contribution in [0.1, 0.15) is 52.9 Å². The number of esters is 1. The molecule has 0 N–H and O–H groups in total. The van der Waals surface area contributed by atoms with Gasteiger partial charge in [-0.25, -0.2) is 0 Å². The van der Waals surface area contributed by atoms with Crippen molar-refractivity contribution in [2.45, 2.75) is 52.9 Å². The van der Waals surface area contributed by atoms with Crippen LogP contribution in [-0.2, 0) is 14.3 Å². The number of rotatable bonds is 10. The van der Waals surface area contributed by atoms with Gasteiger partial charge in [0, 0.05) is 0 Å². The van der Waals surface area contributed by atoms with Crippen molar-refractivity contribution in [2.75, 3.05) is 6.61 Å². The van der Waals surface area contributed by atoms with Gasteiger partial charge in [0.25, 0.3) is 0 Å². The van der Waals surface area contributed by atoms with Crippen LogP contribution in [0.15, 0.2) is 36.3 Å². The molecule has 0 amide bonds. The van der Waals surface area contributed by atoms with Gasteiger partial charge in [0.1, 0.15) is 0 Å². The summed E-state index contributed by atoms with van der Waals surface area (Å²) in [4.78, 5) is 12.0. The topological polar surface area (TPSA) is 35.5 Å². The third-order valence-corrected chi connectivity index (χ3v) is 4.64. The van der Waals surface area contributed by atoms with Crippen LogP contribution in [0.5, 0.6) is 0 Å². The predicted octanol–water partition coefficient (Wildman–Crippen LogP) is 5.60. The van der Waals surface area contributed by atoms with E-state index in [1.165, 1.54) is 19.3 Å². The summed E-state index contributed by atoms with van der Waals surface area (Å²) in [5.74, 6) is -3.45. The predicted molar refractivity (Wildman–Crippen MR) is 90.1 cm³/mol. The average molecular weight is 342 g/mol. The highest BCUT2D eigenvalue weighted by Crippen LogP contribution is 2.36. The number of halogens is 2. The molecular formula is C19H28F2O3. The van der Waals surface area contributed by atoms with Gasteiger partial charge in [-0.2, -0.15) is 8.78 Å². The molecule has 0 spiro atoms. The second-order valence-electron chi connectivity index (χ2n) is 6.48. The Bertz CT molecular complexity index is 507. The molecule has 0 saturated heterocycles. The summed E-state index contributed by atoms with van der Waals surface area (Å²) in [6, 6.07) is 0. The first-order valence-corrected chi connectivity index (χ1v) is 8.56. The largest absolute Gasteiger partial charge is 0.491 e. The lowest BCUT2D eigenvalue weighted by atomic mass is 9.74. The SMILES string of the molecule is C=C(OCC)/C(F)=C(/F)C(=C)OC(=O)C(C)CCC(C)C1CCC1. The van der Waals surface area contributed by atoms with E-state index >= 15 is 0 Å².